The number of rotatable bonds is 7. The molecule has 0 aliphatic carbocycles. The van der Waals surface area contributed by atoms with Crippen LogP contribution in [-0.2, 0) is 0 Å². The van der Waals surface area contributed by atoms with Gasteiger partial charge in [0.05, 0.1) is 11.3 Å². The fraction of sp³-hybridized carbons (Fsp3) is 0.154. The molecule has 4 rings (SSSR count). The monoisotopic (exact) mass is 445 g/mol. The van der Waals surface area contributed by atoms with Crippen LogP contribution in [0.2, 0.25) is 5.02 Å². The lowest BCUT2D eigenvalue weighted by Gasteiger charge is -2.16. The predicted octanol–water partition coefficient (Wildman–Crippen LogP) is 5.36. The van der Waals surface area contributed by atoms with Gasteiger partial charge in [-0.25, -0.2) is 0 Å². The number of nitrogens with zero attached hydrogens (tertiary/aromatic N) is 2. The largest absolute Gasteiger partial charge is 0.492 e. The minimum Gasteiger partial charge on any atom is -0.492 e. The summed E-state index contributed by atoms with van der Waals surface area (Å²) in [5.74, 6) is 0.777. The highest BCUT2D eigenvalue weighted by atomic mass is 35.5. The Morgan fingerprint density at radius 3 is 2.38 bits per heavy atom. The number of benzene rings is 2. The zero-order valence-electron chi connectivity index (χ0n) is 18.0. The maximum absolute atomic E-state index is 13.1. The molecule has 0 aliphatic heterocycles. The Morgan fingerprint density at radius 1 is 0.938 bits per heavy atom. The highest BCUT2D eigenvalue weighted by molar-refractivity contribution is 6.33. The van der Waals surface area contributed by atoms with Crippen LogP contribution in [0, 0.1) is 0 Å². The van der Waals surface area contributed by atoms with Crippen LogP contribution >= 0.6 is 11.6 Å². The number of halogens is 1. The second-order valence-corrected chi connectivity index (χ2v) is 8.06. The SMILES string of the molecule is CN(C)CCOc1ccc(-c2c(-c3ccccn3)c[nH]c(=O)c2-c2ccccc2Cl)cc1. The second-order valence-electron chi connectivity index (χ2n) is 7.65. The van der Waals surface area contributed by atoms with Crippen molar-refractivity contribution in [1.82, 2.24) is 14.9 Å². The number of ether oxygens (including phenoxy) is 1. The van der Waals surface area contributed by atoms with E-state index in [-0.39, 0.29) is 5.56 Å². The molecule has 0 aliphatic rings. The summed E-state index contributed by atoms with van der Waals surface area (Å²) in [7, 11) is 4.02. The van der Waals surface area contributed by atoms with Crippen molar-refractivity contribution in [1.29, 1.82) is 0 Å². The lowest BCUT2D eigenvalue weighted by atomic mass is 9.91. The molecule has 1 N–H and O–H groups in total. The molecule has 0 fully saturated rings. The van der Waals surface area contributed by atoms with E-state index < -0.39 is 0 Å². The first kappa shape index (κ1) is 21.8. The Bertz CT molecular complexity index is 1250. The van der Waals surface area contributed by atoms with E-state index in [9.17, 15) is 4.79 Å². The fourth-order valence-electron chi connectivity index (χ4n) is 3.54. The summed E-state index contributed by atoms with van der Waals surface area (Å²) in [6.45, 7) is 1.43. The van der Waals surface area contributed by atoms with E-state index in [2.05, 4.69) is 14.9 Å². The van der Waals surface area contributed by atoms with Crippen LogP contribution < -0.4 is 10.3 Å². The van der Waals surface area contributed by atoms with Crippen molar-refractivity contribution in [2.45, 2.75) is 0 Å². The summed E-state index contributed by atoms with van der Waals surface area (Å²) in [6, 6.07) is 20.9. The van der Waals surface area contributed by atoms with E-state index in [4.69, 9.17) is 16.3 Å². The first-order valence-electron chi connectivity index (χ1n) is 10.3. The molecular formula is C26H24ClN3O2. The summed E-state index contributed by atoms with van der Waals surface area (Å²) in [6.07, 6.45) is 3.45. The van der Waals surface area contributed by atoms with Crippen molar-refractivity contribution in [2.75, 3.05) is 27.2 Å². The van der Waals surface area contributed by atoms with Gasteiger partial charge in [0.15, 0.2) is 0 Å². The smallest absolute Gasteiger partial charge is 0.256 e. The molecule has 6 heteroatoms. The first-order valence-corrected chi connectivity index (χ1v) is 10.7. The molecular weight excluding hydrogens is 422 g/mol. The highest BCUT2D eigenvalue weighted by Crippen LogP contribution is 2.39. The number of hydrogen-bond donors (Lipinski definition) is 1. The molecule has 0 saturated heterocycles. The number of nitrogens with one attached hydrogen (secondary N) is 1. The summed E-state index contributed by atoms with van der Waals surface area (Å²) < 4.78 is 5.84. The summed E-state index contributed by atoms with van der Waals surface area (Å²) in [4.78, 5) is 22.5. The molecule has 0 radical (unpaired) electrons. The average Bonchev–Trinajstić information content (AvgIpc) is 2.80. The number of aromatic nitrogens is 2. The van der Waals surface area contributed by atoms with Crippen LogP contribution in [0.4, 0.5) is 0 Å². The molecule has 2 aromatic heterocycles. The van der Waals surface area contributed by atoms with Gasteiger partial charge in [-0.05, 0) is 50.0 Å². The summed E-state index contributed by atoms with van der Waals surface area (Å²) >= 11 is 6.50. The van der Waals surface area contributed by atoms with Crippen molar-refractivity contribution in [3.63, 3.8) is 0 Å². The van der Waals surface area contributed by atoms with Crippen LogP contribution in [-0.4, -0.2) is 42.1 Å². The molecule has 162 valence electrons. The maximum atomic E-state index is 13.1. The minimum absolute atomic E-state index is 0.209. The van der Waals surface area contributed by atoms with E-state index >= 15 is 0 Å². The third-order valence-corrected chi connectivity index (χ3v) is 5.46. The van der Waals surface area contributed by atoms with Gasteiger partial charge in [-0.2, -0.15) is 0 Å². The lowest BCUT2D eigenvalue weighted by molar-refractivity contribution is 0.261. The van der Waals surface area contributed by atoms with Crippen molar-refractivity contribution in [3.8, 4) is 39.3 Å². The van der Waals surface area contributed by atoms with E-state index in [1.807, 2.05) is 74.8 Å². The van der Waals surface area contributed by atoms with Gasteiger partial charge in [0.1, 0.15) is 12.4 Å². The van der Waals surface area contributed by atoms with Gasteiger partial charge in [-0.1, -0.05) is 48.0 Å². The van der Waals surface area contributed by atoms with Crippen LogP contribution in [0.1, 0.15) is 0 Å². The molecule has 32 heavy (non-hydrogen) atoms. The molecule has 4 aromatic rings. The van der Waals surface area contributed by atoms with Gasteiger partial charge in [-0.3, -0.25) is 9.78 Å². The number of pyridine rings is 2. The van der Waals surface area contributed by atoms with Crippen molar-refractivity contribution in [3.05, 3.63) is 94.5 Å². The van der Waals surface area contributed by atoms with E-state index in [1.54, 1.807) is 18.5 Å². The molecule has 0 saturated carbocycles. The van der Waals surface area contributed by atoms with Crippen LogP contribution in [0.5, 0.6) is 5.75 Å². The fourth-order valence-corrected chi connectivity index (χ4v) is 3.77. The molecule has 2 heterocycles. The normalized spacial score (nSPS) is 11.0. The number of likely N-dealkylation sites (N-methyl/N-ethyl adjacent to an activating group) is 1. The Balaban J connectivity index is 1.87. The topological polar surface area (TPSA) is 58.2 Å². The summed E-state index contributed by atoms with van der Waals surface area (Å²) in [5.41, 5.74) is 4.22. The van der Waals surface area contributed by atoms with Crippen molar-refractivity contribution >= 4 is 11.6 Å². The van der Waals surface area contributed by atoms with E-state index in [1.165, 1.54) is 0 Å². The van der Waals surface area contributed by atoms with Gasteiger partial charge in [-0.15, -0.1) is 0 Å². The Morgan fingerprint density at radius 2 is 1.69 bits per heavy atom. The molecule has 0 amide bonds. The van der Waals surface area contributed by atoms with Gasteiger partial charge < -0.3 is 14.6 Å². The van der Waals surface area contributed by atoms with Crippen molar-refractivity contribution in [2.24, 2.45) is 0 Å². The highest BCUT2D eigenvalue weighted by Gasteiger charge is 2.20. The third-order valence-electron chi connectivity index (χ3n) is 5.13. The minimum atomic E-state index is -0.209. The zero-order chi connectivity index (χ0) is 22.5. The number of hydrogen-bond acceptors (Lipinski definition) is 4. The lowest BCUT2D eigenvalue weighted by Crippen LogP contribution is -2.19. The predicted molar refractivity (Wildman–Crippen MR) is 130 cm³/mol. The zero-order valence-corrected chi connectivity index (χ0v) is 18.8. The molecule has 0 atom stereocenters. The van der Waals surface area contributed by atoms with E-state index in [0.29, 0.717) is 22.8 Å². The maximum Gasteiger partial charge on any atom is 0.256 e. The Hall–Kier alpha value is -3.41. The standard InChI is InChI=1S/C26H24ClN3O2/c1-30(2)15-16-32-19-12-10-18(11-13-19)24-21(23-9-5-6-14-28-23)17-29-26(31)25(24)20-7-3-4-8-22(20)27/h3-14,17H,15-16H2,1-2H3,(H,29,31). The summed E-state index contributed by atoms with van der Waals surface area (Å²) in [5, 5.41) is 0.515. The first-order chi connectivity index (χ1) is 15.5. The Kier molecular flexibility index (Phi) is 6.69. The van der Waals surface area contributed by atoms with Crippen LogP contribution in [0.25, 0.3) is 33.5 Å². The average molecular weight is 446 g/mol. The quantitative estimate of drug-likeness (QED) is 0.415. The Labute approximate surface area is 192 Å². The van der Waals surface area contributed by atoms with Crippen LogP contribution in [0.3, 0.4) is 0 Å². The van der Waals surface area contributed by atoms with Crippen LogP contribution in [0.15, 0.2) is 83.9 Å². The molecule has 5 nitrogen and oxygen atoms in total. The molecule has 0 bridgehead atoms. The number of aromatic amines is 1. The third kappa shape index (κ3) is 4.74. The molecule has 0 spiro atoms. The van der Waals surface area contributed by atoms with Crippen molar-refractivity contribution < 1.29 is 4.74 Å². The van der Waals surface area contributed by atoms with Gasteiger partial charge in [0, 0.05) is 40.7 Å². The number of H-pyrrole nitrogens is 1. The van der Waals surface area contributed by atoms with E-state index in [0.717, 1.165) is 34.7 Å². The van der Waals surface area contributed by atoms with Gasteiger partial charge in [0.2, 0.25) is 0 Å². The van der Waals surface area contributed by atoms with Gasteiger partial charge in [0.25, 0.3) is 5.56 Å². The molecule has 0 unspecified atom stereocenters. The molecule has 2 aromatic carbocycles. The van der Waals surface area contributed by atoms with Gasteiger partial charge >= 0.3 is 0 Å². The second kappa shape index (κ2) is 9.81.